The van der Waals surface area contributed by atoms with Crippen LogP contribution in [-0.2, 0) is 8.85 Å². The van der Waals surface area contributed by atoms with Gasteiger partial charge in [-0.25, -0.2) is 0 Å². The lowest BCUT2D eigenvalue weighted by Gasteiger charge is -2.34. The van der Waals surface area contributed by atoms with Gasteiger partial charge in [0, 0.05) is 17.2 Å². The molecule has 2 rings (SSSR count). The van der Waals surface area contributed by atoms with E-state index < -0.39 is 9.28 Å². The van der Waals surface area contributed by atoms with Crippen LogP contribution in [0.4, 0.5) is 0 Å². The Kier molecular flexibility index (Phi) is 3.81. The molecule has 3 unspecified atom stereocenters. The molecule has 0 N–H and O–H groups in total. The van der Waals surface area contributed by atoms with Crippen LogP contribution < -0.4 is 0 Å². The third-order valence-corrected chi connectivity index (χ3v) is 7.17. The molecule has 0 aliphatic heterocycles. The SMILES string of the molecule is CC(C)O[SiH](OC(C)C)C12C=CC(C1)C(C)C2. The van der Waals surface area contributed by atoms with Crippen LogP contribution in [0.15, 0.2) is 12.2 Å². The minimum Gasteiger partial charge on any atom is -0.394 e. The van der Waals surface area contributed by atoms with Gasteiger partial charge in [0.05, 0.1) is 0 Å². The summed E-state index contributed by atoms with van der Waals surface area (Å²) in [4.78, 5) is 0. The van der Waals surface area contributed by atoms with E-state index in [4.69, 9.17) is 8.85 Å². The average Bonchev–Trinajstić information content (AvgIpc) is 2.73. The number of rotatable bonds is 5. The van der Waals surface area contributed by atoms with Gasteiger partial charge in [-0.3, -0.25) is 0 Å². The van der Waals surface area contributed by atoms with Crippen molar-refractivity contribution in [2.24, 2.45) is 11.8 Å². The number of allylic oxidation sites excluding steroid dienone is 2. The summed E-state index contributed by atoms with van der Waals surface area (Å²) in [5, 5.41) is 0.276. The Labute approximate surface area is 107 Å². The van der Waals surface area contributed by atoms with Gasteiger partial charge in [0.25, 0.3) is 0 Å². The molecule has 0 aromatic carbocycles. The zero-order chi connectivity index (χ0) is 12.6. The van der Waals surface area contributed by atoms with E-state index in [2.05, 4.69) is 46.8 Å². The molecule has 1 saturated carbocycles. The highest BCUT2D eigenvalue weighted by molar-refractivity contribution is 6.50. The van der Waals surface area contributed by atoms with Gasteiger partial charge >= 0.3 is 9.28 Å². The number of hydrogen-bond acceptors (Lipinski definition) is 2. The second kappa shape index (κ2) is 4.86. The summed E-state index contributed by atoms with van der Waals surface area (Å²) in [6.45, 7) is 10.8. The Morgan fingerprint density at radius 2 is 1.71 bits per heavy atom. The van der Waals surface area contributed by atoms with Gasteiger partial charge in [-0.15, -0.1) is 0 Å². The highest BCUT2D eigenvalue weighted by Gasteiger charge is 2.53. The molecule has 0 heterocycles. The Balaban J connectivity index is 2.12. The molecule has 98 valence electrons. The van der Waals surface area contributed by atoms with Crippen molar-refractivity contribution in [2.75, 3.05) is 0 Å². The van der Waals surface area contributed by atoms with E-state index in [-0.39, 0.29) is 17.2 Å². The largest absolute Gasteiger partial charge is 0.394 e. The second-order valence-corrected chi connectivity index (χ2v) is 8.70. The van der Waals surface area contributed by atoms with E-state index in [1.54, 1.807) is 0 Å². The number of hydrogen-bond donors (Lipinski definition) is 0. The van der Waals surface area contributed by atoms with Crippen molar-refractivity contribution in [3.63, 3.8) is 0 Å². The molecular formula is C14H26O2Si. The first-order valence-electron chi connectivity index (χ1n) is 6.93. The van der Waals surface area contributed by atoms with Crippen LogP contribution in [0.2, 0.25) is 5.04 Å². The van der Waals surface area contributed by atoms with Crippen LogP contribution >= 0.6 is 0 Å². The van der Waals surface area contributed by atoms with Crippen LogP contribution in [0.1, 0.15) is 47.5 Å². The molecule has 0 radical (unpaired) electrons. The van der Waals surface area contributed by atoms with Crippen molar-refractivity contribution in [3.8, 4) is 0 Å². The molecule has 0 spiro atoms. The minimum atomic E-state index is -1.62. The van der Waals surface area contributed by atoms with Crippen LogP contribution in [0.3, 0.4) is 0 Å². The normalized spacial score (nSPS) is 35.8. The smallest absolute Gasteiger partial charge is 0.332 e. The van der Waals surface area contributed by atoms with Crippen molar-refractivity contribution in [2.45, 2.75) is 64.7 Å². The van der Waals surface area contributed by atoms with E-state index in [9.17, 15) is 0 Å². The van der Waals surface area contributed by atoms with Crippen LogP contribution in [0.5, 0.6) is 0 Å². The van der Waals surface area contributed by atoms with Crippen molar-refractivity contribution in [1.29, 1.82) is 0 Å². The minimum absolute atomic E-state index is 0.276. The van der Waals surface area contributed by atoms with E-state index in [0.717, 1.165) is 11.8 Å². The molecule has 3 atom stereocenters. The van der Waals surface area contributed by atoms with Crippen molar-refractivity contribution in [1.82, 2.24) is 0 Å². The fourth-order valence-corrected chi connectivity index (χ4v) is 6.14. The van der Waals surface area contributed by atoms with Crippen LogP contribution in [-0.4, -0.2) is 21.5 Å². The third kappa shape index (κ3) is 2.66. The molecule has 2 bridgehead atoms. The Hall–Kier alpha value is -0.123. The first kappa shape index (κ1) is 13.3. The summed E-state index contributed by atoms with van der Waals surface area (Å²) in [6, 6.07) is 0. The van der Waals surface area contributed by atoms with E-state index in [1.807, 2.05) is 0 Å². The number of fused-ring (bicyclic) bond motifs is 2. The quantitative estimate of drug-likeness (QED) is 0.553. The zero-order valence-corrected chi connectivity index (χ0v) is 12.9. The standard InChI is InChI=1S/C14H26O2Si/c1-10(2)15-17(16-11(3)4)14-7-6-13(9-14)12(5)8-14/h6-7,10-13,17H,8-9H2,1-5H3. The predicted molar refractivity (Wildman–Crippen MR) is 73.3 cm³/mol. The van der Waals surface area contributed by atoms with Gasteiger partial charge in [0.2, 0.25) is 0 Å². The molecular weight excluding hydrogens is 228 g/mol. The lowest BCUT2D eigenvalue weighted by molar-refractivity contribution is 0.115. The summed E-state index contributed by atoms with van der Waals surface area (Å²) in [5.74, 6) is 1.58. The van der Waals surface area contributed by atoms with E-state index in [1.165, 1.54) is 12.8 Å². The molecule has 0 saturated heterocycles. The van der Waals surface area contributed by atoms with E-state index >= 15 is 0 Å². The average molecular weight is 254 g/mol. The Morgan fingerprint density at radius 3 is 2.06 bits per heavy atom. The van der Waals surface area contributed by atoms with Gasteiger partial charge < -0.3 is 8.85 Å². The summed E-state index contributed by atoms with van der Waals surface area (Å²) in [5.41, 5.74) is 0. The summed E-state index contributed by atoms with van der Waals surface area (Å²) < 4.78 is 12.4. The summed E-state index contributed by atoms with van der Waals surface area (Å²) in [6.07, 6.45) is 7.92. The maximum Gasteiger partial charge on any atom is 0.332 e. The fraction of sp³-hybridized carbons (Fsp3) is 0.857. The predicted octanol–water partition coefficient (Wildman–Crippen LogP) is 3.41. The van der Waals surface area contributed by atoms with Gasteiger partial charge in [-0.05, 0) is 52.4 Å². The van der Waals surface area contributed by atoms with Gasteiger partial charge in [0.15, 0.2) is 0 Å². The zero-order valence-electron chi connectivity index (χ0n) is 11.8. The van der Waals surface area contributed by atoms with Crippen molar-refractivity contribution < 1.29 is 8.85 Å². The molecule has 2 aliphatic rings. The van der Waals surface area contributed by atoms with Crippen molar-refractivity contribution in [3.05, 3.63) is 12.2 Å². The molecule has 2 aliphatic carbocycles. The molecule has 17 heavy (non-hydrogen) atoms. The first-order chi connectivity index (χ1) is 7.93. The van der Waals surface area contributed by atoms with Gasteiger partial charge in [0.1, 0.15) is 0 Å². The Bertz CT molecular complexity index is 291. The topological polar surface area (TPSA) is 18.5 Å². The van der Waals surface area contributed by atoms with Gasteiger partial charge in [-0.2, -0.15) is 0 Å². The third-order valence-electron chi connectivity index (χ3n) is 3.98. The monoisotopic (exact) mass is 254 g/mol. The van der Waals surface area contributed by atoms with E-state index in [0.29, 0.717) is 0 Å². The molecule has 0 aromatic rings. The van der Waals surface area contributed by atoms with Crippen LogP contribution in [0, 0.1) is 11.8 Å². The lowest BCUT2D eigenvalue weighted by atomic mass is 9.96. The Morgan fingerprint density at radius 1 is 1.12 bits per heavy atom. The molecule has 0 aromatic heterocycles. The fourth-order valence-electron chi connectivity index (χ4n) is 3.25. The van der Waals surface area contributed by atoms with Crippen molar-refractivity contribution >= 4 is 9.28 Å². The molecule has 2 nitrogen and oxygen atoms in total. The van der Waals surface area contributed by atoms with Gasteiger partial charge in [-0.1, -0.05) is 19.1 Å². The van der Waals surface area contributed by atoms with Crippen LogP contribution in [0.25, 0.3) is 0 Å². The summed E-state index contributed by atoms with van der Waals surface area (Å²) >= 11 is 0. The summed E-state index contributed by atoms with van der Waals surface area (Å²) in [7, 11) is -1.62. The lowest BCUT2D eigenvalue weighted by Crippen LogP contribution is -2.39. The highest BCUT2D eigenvalue weighted by atomic mass is 28.3. The molecule has 0 amide bonds. The highest BCUT2D eigenvalue weighted by Crippen LogP contribution is 2.59. The maximum atomic E-state index is 6.18. The first-order valence-corrected chi connectivity index (χ1v) is 8.45. The molecule has 3 heteroatoms. The maximum absolute atomic E-state index is 6.18. The second-order valence-electron chi connectivity index (χ2n) is 6.34. The molecule has 1 fully saturated rings.